The fourth-order valence-corrected chi connectivity index (χ4v) is 4.22. The van der Waals surface area contributed by atoms with Gasteiger partial charge in [-0.25, -0.2) is 0 Å². The van der Waals surface area contributed by atoms with Crippen LogP contribution in [0.5, 0.6) is 0 Å². The van der Waals surface area contributed by atoms with Crippen LogP contribution in [-0.2, 0) is 9.53 Å². The summed E-state index contributed by atoms with van der Waals surface area (Å²) in [5.74, 6) is 0.880. The molecular formula is C19H23ClN2O3S. The summed E-state index contributed by atoms with van der Waals surface area (Å²) < 4.78 is 5.44. The standard InChI is InChI=1S/C19H23ClN2O3S/c1-12-17(26-10-9-25-12)19(24)22-16-8-7-13(20)11-15(16)18(23)21-14-5-3-2-4-6-14/h7-8,11,14H,2-6,9-10H2,1H3,(H,21,23)(H,22,24). The van der Waals surface area contributed by atoms with E-state index in [0.29, 0.717) is 33.5 Å². The van der Waals surface area contributed by atoms with Gasteiger partial charge in [0, 0.05) is 16.8 Å². The highest BCUT2D eigenvalue weighted by molar-refractivity contribution is 8.04. The molecule has 7 heteroatoms. The summed E-state index contributed by atoms with van der Waals surface area (Å²) in [5.41, 5.74) is 0.843. The van der Waals surface area contributed by atoms with Crippen molar-refractivity contribution in [3.05, 3.63) is 39.4 Å². The fraction of sp³-hybridized carbons (Fsp3) is 0.474. The van der Waals surface area contributed by atoms with E-state index in [9.17, 15) is 9.59 Å². The number of amides is 2. The number of rotatable bonds is 4. The Morgan fingerprint density at radius 1 is 1.19 bits per heavy atom. The van der Waals surface area contributed by atoms with Crippen molar-refractivity contribution in [1.29, 1.82) is 0 Å². The van der Waals surface area contributed by atoms with E-state index in [1.807, 2.05) is 0 Å². The van der Waals surface area contributed by atoms with Gasteiger partial charge >= 0.3 is 0 Å². The van der Waals surface area contributed by atoms with Crippen LogP contribution in [0.25, 0.3) is 0 Å². The van der Waals surface area contributed by atoms with Crippen molar-refractivity contribution in [3.8, 4) is 0 Å². The first-order valence-corrected chi connectivity index (χ1v) is 10.3. The van der Waals surface area contributed by atoms with Crippen molar-refractivity contribution in [2.24, 2.45) is 0 Å². The number of hydrogen-bond donors (Lipinski definition) is 2. The van der Waals surface area contributed by atoms with Gasteiger partial charge in [0.05, 0.1) is 17.9 Å². The molecule has 1 aromatic rings. The third kappa shape index (κ3) is 4.74. The van der Waals surface area contributed by atoms with Crippen molar-refractivity contribution in [1.82, 2.24) is 5.32 Å². The molecule has 2 aliphatic rings. The molecule has 1 saturated carbocycles. The summed E-state index contributed by atoms with van der Waals surface area (Å²) in [6.07, 6.45) is 5.48. The molecule has 3 rings (SSSR count). The number of allylic oxidation sites excluding steroid dienone is 1. The van der Waals surface area contributed by atoms with Crippen LogP contribution in [0.1, 0.15) is 49.4 Å². The molecular weight excluding hydrogens is 372 g/mol. The van der Waals surface area contributed by atoms with E-state index in [1.165, 1.54) is 18.2 Å². The first-order valence-electron chi connectivity index (χ1n) is 8.93. The SMILES string of the molecule is CC1=C(C(=O)Nc2ccc(Cl)cc2C(=O)NC2CCCCC2)SCCO1. The molecule has 1 fully saturated rings. The second-order valence-electron chi connectivity index (χ2n) is 6.53. The zero-order valence-electron chi connectivity index (χ0n) is 14.8. The lowest BCUT2D eigenvalue weighted by atomic mass is 9.95. The number of thioether (sulfide) groups is 1. The van der Waals surface area contributed by atoms with E-state index >= 15 is 0 Å². The summed E-state index contributed by atoms with van der Waals surface area (Å²) in [6, 6.07) is 5.12. The first-order chi connectivity index (χ1) is 12.5. The molecule has 0 atom stereocenters. The Kier molecular flexibility index (Phi) is 6.48. The van der Waals surface area contributed by atoms with Crippen LogP contribution in [0.15, 0.2) is 28.9 Å². The Bertz CT molecular complexity index is 729. The normalized spacial score (nSPS) is 18.2. The van der Waals surface area contributed by atoms with E-state index in [0.717, 1.165) is 31.4 Å². The van der Waals surface area contributed by atoms with Gasteiger partial charge in [0.15, 0.2) is 0 Å². The number of carbonyl (C=O) groups excluding carboxylic acids is 2. The molecule has 1 aliphatic carbocycles. The number of halogens is 1. The highest BCUT2D eigenvalue weighted by Crippen LogP contribution is 2.28. The number of anilines is 1. The molecule has 140 valence electrons. The van der Waals surface area contributed by atoms with E-state index in [1.54, 1.807) is 25.1 Å². The van der Waals surface area contributed by atoms with Crippen LogP contribution >= 0.6 is 23.4 Å². The number of benzene rings is 1. The van der Waals surface area contributed by atoms with E-state index in [-0.39, 0.29) is 17.9 Å². The molecule has 0 unspecified atom stereocenters. The van der Waals surface area contributed by atoms with Crippen molar-refractivity contribution in [2.75, 3.05) is 17.7 Å². The number of ether oxygens (including phenoxy) is 1. The van der Waals surface area contributed by atoms with Crippen LogP contribution in [-0.4, -0.2) is 30.2 Å². The predicted molar refractivity (Wildman–Crippen MR) is 106 cm³/mol. The second kappa shape index (κ2) is 8.82. The fourth-order valence-electron chi connectivity index (χ4n) is 3.23. The highest BCUT2D eigenvalue weighted by Gasteiger charge is 2.23. The van der Waals surface area contributed by atoms with Gasteiger partial charge in [-0.15, -0.1) is 11.8 Å². The molecule has 0 saturated heterocycles. The lowest BCUT2D eigenvalue weighted by molar-refractivity contribution is -0.112. The molecule has 0 aromatic heterocycles. The van der Waals surface area contributed by atoms with Crippen molar-refractivity contribution in [2.45, 2.75) is 45.1 Å². The molecule has 1 aromatic carbocycles. The van der Waals surface area contributed by atoms with Crippen molar-refractivity contribution < 1.29 is 14.3 Å². The molecule has 1 heterocycles. The third-order valence-electron chi connectivity index (χ3n) is 4.59. The van der Waals surface area contributed by atoms with Gasteiger partial charge in [0.1, 0.15) is 10.7 Å². The lowest BCUT2D eigenvalue weighted by Crippen LogP contribution is -2.36. The Hall–Kier alpha value is -1.66. The largest absolute Gasteiger partial charge is 0.496 e. The Morgan fingerprint density at radius 2 is 1.96 bits per heavy atom. The topological polar surface area (TPSA) is 67.4 Å². The predicted octanol–water partition coefficient (Wildman–Crippen LogP) is 4.34. The van der Waals surface area contributed by atoms with Crippen LogP contribution < -0.4 is 10.6 Å². The summed E-state index contributed by atoms with van der Waals surface area (Å²) in [4.78, 5) is 25.9. The monoisotopic (exact) mass is 394 g/mol. The molecule has 5 nitrogen and oxygen atoms in total. The van der Waals surface area contributed by atoms with Gasteiger partial charge in [-0.2, -0.15) is 0 Å². The minimum Gasteiger partial charge on any atom is -0.496 e. The van der Waals surface area contributed by atoms with Gasteiger partial charge in [0.2, 0.25) is 0 Å². The van der Waals surface area contributed by atoms with Gasteiger partial charge in [-0.1, -0.05) is 30.9 Å². The summed E-state index contributed by atoms with van der Waals surface area (Å²) in [5, 5.41) is 6.37. The van der Waals surface area contributed by atoms with Crippen LogP contribution in [0.4, 0.5) is 5.69 Å². The summed E-state index contributed by atoms with van der Waals surface area (Å²) in [7, 11) is 0. The number of carbonyl (C=O) groups is 2. The van der Waals surface area contributed by atoms with Gasteiger partial charge in [-0.05, 0) is 38.0 Å². The van der Waals surface area contributed by atoms with Crippen LogP contribution in [0.3, 0.4) is 0 Å². The van der Waals surface area contributed by atoms with E-state index in [4.69, 9.17) is 16.3 Å². The Morgan fingerprint density at radius 3 is 2.69 bits per heavy atom. The molecule has 0 radical (unpaired) electrons. The van der Waals surface area contributed by atoms with Crippen LogP contribution in [0.2, 0.25) is 5.02 Å². The van der Waals surface area contributed by atoms with E-state index in [2.05, 4.69) is 10.6 Å². The molecule has 0 bridgehead atoms. The van der Waals surface area contributed by atoms with E-state index < -0.39 is 0 Å². The lowest BCUT2D eigenvalue weighted by Gasteiger charge is -2.23. The van der Waals surface area contributed by atoms with Crippen LogP contribution in [0, 0.1) is 0 Å². The maximum absolute atomic E-state index is 12.7. The molecule has 2 amide bonds. The molecule has 2 N–H and O–H groups in total. The molecule has 26 heavy (non-hydrogen) atoms. The maximum Gasteiger partial charge on any atom is 0.265 e. The molecule has 0 spiro atoms. The summed E-state index contributed by atoms with van der Waals surface area (Å²) in [6.45, 7) is 2.38. The number of hydrogen-bond acceptors (Lipinski definition) is 4. The molecule has 1 aliphatic heterocycles. The second-order valence-corrected chi connectivity index (χ2v) is 8.08. The average Bonchev–Trinajstić information content (AvgIpc) is 2.64. The first kappa shape index (κ1) is 19.1. The zero-order chi connectivity index (χ0) is 18.5. The minimum atomic E-state index is -0.263. The third-order valence-corrected chi connectivity index (χ3v) is 5.96. The minimum absolute atomic E-state index is 0.186. The highest BCUT2D eigenvalue weighted by atomic mass is 35.5. The van der Waals surface area contributed by atoms with Crippen molar-refractivity contribution in [3.63, 3.8) is 0 Å². The quantitative estimate of drug-likeness (QED) is 0.797. The van der Waals surface area contributed by atoms with Gasteiger partial charge in [0.25, 0.3) is 11.8 Å². The van der Waals surface area contributed by atoms with Gasteiger partial charge in [-0.3, -0.25) is 9.59 Å². The average molecular weight is 395 g/mol. The Labute approximate surface area is 162 Å². The zero-order valence-corrected chi connectivity index (χ0v) is 16.3. The maximum atomic E-state index is 12.7. The smallest absolute Gasteiger partial charge is 0.265 e. The Balaban J connectivity index is 1.77. The summed E-state index contributed by atoms with van der Waals surface area (Å²) >= 11 is 7.55. The van der Waals surface area contributed by atoms with Gasteiger partial charge < -0.3 is 15.4 Å². The van der Waals surface area contributed by atoms with Crippen molar-refractivity contribution >= 4 is 40.9 Å². The number of nitrogens with one attached hydrogen (secondary N) is 2.